The molecule has 0 saturated carbocycles. The molecule has 0 fully saturated rings. The minimum atomic E-state index is 0. The summed E-state index contributed by atoms with van der Waals surface area (Å²) in [5.41, 5.74) is 0. The topological polar surface area (TPSA) is 9.23 Å². The van der Waals surface area contributed by atoms with Crippen LogP contribution in [-0.4, -0.2) is 6.10 Å². The van der Waals surface area contributed by atoms with Crippen molar-refractivity contribution < 1.29 is 92.5 Å². The number of hydrogen-bond donors (Lipinski definition) is 0. The van der Waals surface area contributed by atoms with Crippen molar-refractivity contribution in [3.05, 3.63) is 0 Å². The maximum atomic E-state index is 4.61. The summed E-state index contributed by atoms with van der Waals surface area (Å²) < 4.78 is 4.61. The zero-order valence-electron chi connectivity index (χ0n) is 3.52. The SMILES string of the molecule is CC(C)[O][Yb].[Yb]. The first-order chi connectivity index (χ1) is 2.27. The summed E-state index contributed by atoms with van der Waals surface area (Å²) in [7, 11) is 0. The first-order valence-electron chi connectivity index (χ1n) is 1.50. The Labute approximate surface area is 109 Å². The minimum Gasteiger partial charge on any atom is 0 e. The smallest absolute Gasteiger partial charge is 0 e. The van der Waals surface area contributed by atoms with Gasteiger partial charge in [0.1, 0.15) is 0 Å². The Hall–Kier alpha value is 3.00. The zero-order valence-corrected chi connectivity index (χ0v) is 6.95. The van der Waals surface area contributed by atoms with Crippen LogP contribution in [0.3, 0.4) is 0 Å². The van der Waals surface area contributed by atoms with E-state index in [-0.39, 0.29) is 46.9 Å². The first-order valence-corrected chi connectivity index (χ1v) is 2.20. The van der Waals surface area contributed by atoms with Crippen LogP contribution in [0, 0.1) is 92.2 Å². The van der Waals surface area contributed by atoms with Crippen molar-refractivity contribution in [1.82, 2.24) is 0 Å². The van der Waals surface area contributed by atoms with Gasteiger partial charge in [-0.2, -0.15) is 0 Å². The molecule has 0 aliphatic rings. The Bertz CT molecular complexity index is 22.8. The van der Waals surface area contributed by atoms with Gasteiger partial charge in [0.05, 0.1) is 0 Å². The summed E-state index contributed by atoms with van der Waals surface area (Å²) in [6.07, 6.45) is 0.323. The van der Waals surface area contributed by atoms with E-state index >= 15 is 0 Å². The fraction of sp³-hybridized carbons (Fsp3) is 1.00. The van der Waals surface area contributed by atoms with Crippen molar-refractivity contribution in [3.8, 4) is 0 Å². The summed E-state index contributed by atoms with van der Waals surface area (Å²) >= 11 is 2.52. The van der Waals surface area contributed by atoms with E-state index < -0.39 is 0 Å². The van der Waals surface area contributed by atoms with Crippen molar-refractivity contribution in [3.63, 3.8) is 0 Å². The summed E-state index contributed by atoms with van der Waals surface area (Å²) in [4.78, 5) is 0. The molecule has 0 aromatic carbocycles. The second-order valence-electron chi connectivity index (χ2n) is 1.11. The summed E-state index contributed by atoms with van der Waals surface area (Å²) in [6, 6.07) is 0. The van der Waals surface area contributed by atoms with Crippen molar-refractivity contribution in [2.24, 2.45) is 0 Å². The van der Waals surface area contributed by atoms with Crippen molar-refractivity contribution in [2.75, 3.05) is 0 Å². The van der Waals surface area contributed by atoms with Gasteiger partial charge < -0.3 is 0 Å². The molecule has 0 amide bonds. The molecule has 6 heavy (non-hydrogen) atoms. The quantitative estimate of drug-likeness (QED) is 0.630. The molecule has 0 spiro atoms. The Balaban J connectivity index is 0. The summed E-state index contributed by atoms with van der Waals surface area (Å²) in [6.45, 7) is 3.93. The maximum Gasteiger partial charge on any atom is 0 e. The van der Waals surface area contributed by atoms with E-state index in [0.717, 1.165) is 0 Å². The molecule has 0 saturated heterocycles. The Kier molecular flexibility index (Phi) is 15.7. The standard InChI is InChI=1S/C3H7O.2Yb/c1-3(2)4;;/h3H,1-2H3;;/q-1;;+1. The summed E-state index contributed by atoms with van der Waals surface area (Å²) in [5.74, 6) is 0. The van der Waals surface area contributed by atoms with E-state index in [1.54, 1.807) is 0 Å². The predicted octanol–water partition coefficient (Wildman–Crippen LogP) is 0.876. The molecular weight excluding hydrogens is 398 g/mol. The van der Waals surface area contributed by atoms with Crippen LogP contribution in [0.2, 0.25) is 0 Å². The summed E-state index contributed by atoms with van der Waals surface area (Å²) in [5, 5.41) is 0. The fourth-order valence-electron chi connectivity index (χ4n) is 0. The molecule has 1 nitrogen and oxygen atoms in total. The Morgan fingerprint density at radius 1 is 1.50 bits per heavy atom. The van der Waals surface area contributed by atoms with Gasteiger partial charge >= 0.3 is 65.5 Å². The molecular formula is C3H7OYb2. The van der Waals surface area contributed by atoms with Gasteiger partial charge in [-0.15, -0.1) is 0 Å². The molecule has 3 heteroatoms. The molecule has 0 atom stereocenters. The van der Waals surface area contributed by atoms with Gasteiger partial charge in [-0.1, -0.05) is 0 Å². The molecule has 0 rings (SSSR count). The Morgan fingerprint density at radius 2 is 1.67 bits per heavy atom. The van der Waals surface area contributed by atoms with Crippen LogP contribution in [0.1, 0.15) is 13.8 Å². The normalized spacial score (nSPS) is 8.17. The Morgan fingerprint density at radius 3 is 1.67 bits per heavy atom. The van der Waals surface area contributed by atoms with E-state index in [1.165, 1.54) is 0 Å². The molecule has 0 aliphatic carbocycles. The van der Waals surface area contributed by atoms with E-state index in [0.29, 0.717) is 6.10 Å². The fourth-order valence-corrected chi connectivity index (χ4v) is 0. The maximum absolute atomic E-state index is 4.61. The third-order valence-corrected chi connectivity index (χ3v) is 0.934. The van der Waals surface area contributed by atoms with Gasteiger partial charge in [0.25, 0.3) is 0 Å². The van der Waals surface area contributed by atoms with Crippen molar-refractivity contribution in [2.45, 2.75) is 20.0 Å². The molecule has 0 bridgehead atoms. The van der Waals surface area contributed by atoms with Crippen LogP contribution in [0.25, 0.3) is 0 Å². The van der Waals surface area contributed by atoms with Crippen LogP contribution in [0.4, 0.5) is 0 Å². The second kappa shape index (κ2) is 8.00. The minimum absolute atomic E-state index is 0. The molecule has 0 radical (unpaired) electrons. The molecule has 0 aromatic rings. The number of hydrogen-bond acceptors (Lipinski definition) is 1. The molecule has 0 N–H and O–H groups in total. The first kappa shape index (κ1) is 11.8. The van der Waals surface area contributed by atoms with Crippen LogP contribution in [0.5, 0.6) is 0 Å². The number of rotatable bonds is 1. The molecule has 0 aromatic heterocycles. The van der Waals surface area contributed by atoms with Crippen LogP contribution < -0.4 is 0 Å². The average Bonchev–Trinajstić information content (AvgIpc) is 1.38. The van der Waals surface area contributed by atoms with Gasteiger partial charge in [-0.25, -0.2) is 0 Å². The van der Waals surface area contributed by atoms with Gasteiger partial charge in [-0.05, 0) is 0 Å². The molecule has 0 heterocycles. The van der Waals surface area contributed by atoms with E-state index in [9.17, 15) is 0 Å². The second-order valence-corrected chi connectivity index (χ2v) is 1.52. The van der Waals surface area contributed by atoms with Gasteiger partial charge in [0.15, 0.2) is 0 Å². The van der Waals surface area contributed by atoms with Gasteiger partial charge in [0, 0.05) is 46.9 Å². The molecule has 0 unspecified atom stereocenters. The van der Waals surface area contributed by atoms with Gasteiger partial charge in [-0.3, -0.25) is 0 Å². The van der Waals surface area contributed by atoms with Gasteiger partial charge in [0.2, 0.25) is 0 Å². The molecule has 0 aliphatic heterocycles. The predicted molar refractivity (Wildman–Crippen MR) is 16.2 cm³/mol. The zero-order chi connectivity index (χ0) is 4.28. The van der Waals surface area contributed by atoms with Crippen molar-refractivity contribution >= 4 is 0 Å². The molecule has 53 valence electrons. The third-order valence-electron chi connectivity index (χ3n) is 0.126. The van der Waals surface area contributed by atoms with E-state index in [4.69, 9.17) is 0 Å². The monoisotopic (exact) mass is 407 g/mol. The van der Waals surface area contributed by atoms with Crippen molar-refractivity contribution in [1.29, 1.82) is 0 Å². The van der Waals surface area contributed by atoms with E-state index in [2.05, 4.69) is 45.6 Å². The van der Waals surface area contributed by atoms with Crippen LogP contribution >= 0.6 is 0 Å². The average molecular weight is 405 g/mol. The third kappa shape index (κ3) is 10.1. The van der Waals surface area contributed by atoms with E-state index in [1.807, 2.05) is 13.8 Å². The van der Waals surface area contributed by atoms with Crippen LogP contribution in [-0.2, 0) is 0.304 Å². The van der Waals surface area contributed by atoms with Crippen LogP contribution in [0.15, 0.2) is 0 Å². The largest absolute Gasteiger partial charge is 0 e.